The second-order valence-electron chi connectivity index (χ2n) is 4.78. The Labute approximate surface area is 110 Å². The van der Waals surface area contributed by atoms with Gasteiger partial charge in [-0.1, -0.05) is 22.0 Å². The molecule has 0 amide bonds. The molecule has 1 aliphatic rings. The molecule has 1 atom stereocenters. The van der Waals surface area contributed by atoms with E-state index in [2.05, 4.69) is 41.0 Å². The fourth-order valence-electron chi connectivity index (χ4n) is 2.29. The first-order chi connectivity index (χ1) is 8.06. The van der Waals surface area contributed by atoms with Crippen molar-refractivity contribution in [3.63, 3.8) is 0 Å². The normalized spacial score (nSPS) is 20.5. The SMILES string of the molecule is CN(C)C1CC=C(c2cc(F)cc(Br)c2)CC1. The first-order valence-electron chi connectivity index (χ1n) is 5.88. The molecule has 17 heavy (non-hydrogen) atoms. The molecule has 0 bridgehead atoms. The van der Waals surface area contributed by atoms with Gasteiger partial charge in [0.2, 0.25) is 0 Å². The summed E-state index contributed by atoms with van der Waals surface area (Å²) in [6, 6.07) is 5.73. The van der Waals surface area contributed by atoms with E-state index in [-0.39, 0.29) is 5.82 Å². The minimum absolute atomic E-state index is 0.176. The largest absolute Gasteiger partial charge is 0.306 e. The third kappa shape index (κ3) is 3.17. The molecule has 3 heteroatoms. The van der Waals surface area contributed by atoms with Gasteiger partial charge in [-0.3, -0.25) is 0 Å². The predicted molar refractivity (Wildman–Crippen MR) is 73.4 cm³/mol. The Hall–Kier alpha value is -0.670. The lowest BCUT2D eigenvalue weighted by Crippen LogP contribution is -2.28. The van der Waals surface area contributed by atoms with E-state index in [1.807, 2.05) is 6.07 Å². The van der Waals surface area contributed by atoms with Gasteiger partial charge < -0.3 is 4.90 Å². The van der Waals surface area contributed by atoms with Gasteiger partial charge in [0.25, 0.3) is 0 Å². The second kappa shape index (κ2) is 5.32. The van der Waals surface area contributed by atoms with Crippen molar-refractivity contribution in [1.29, 1.82) is 0 Å². The van der Waals surface area contributed by atoms with Crippen LogP contribution in [-0.2, 0) is 0 Å². The maximum atomic E-state index is 13.3. The molecule has 0 radical (unpaired) electrons. The van der Waals surface area contributed by atoms with Crippen LogP contribution in [0.3, 0.4) is 0 Å². The summed E-state index contributed by atoms with van der Waals surface area (Å²) in [6.07, 6.45) is 5.47. The molecule has 2 rings (SSSR count). The molecule has 0 spiro atoms. The van der Waals surface area contributed by atoms with E-state index in [0.29, 0.717) is 6.04 Å². The number of rotatable bonds is 2. The molecule has 0 fully saturated rings. The first kappa shape index (κ1) is 12.8. The Balaban J connectivity index is 2.19. The highest BCUT2D eigenvalue weighted by Gasteiger charge is 2.17. The molecule has 92 valence electrons. The van der Waals surface area contributed by atoms with Crippen molar-refractivity contribution >= 4 is 21.5 Å². The van der Waals surface area contributed by atoms with E-state index in [4.69, 9.17) is 0 Å². The minimum atomic E-state index is -0.176. The average Bonchev–Trinajstić information content (AvgIpc) is 2.28. The van der Waals surface area contributed by atoms with E-state index in [0.717, 1.165) is 29.3 Å². The van der Waals surface area contributed by atoms with Crippen molar-refractivity contribution in [2.75, 3.05) is 14.1 Å². The number of halogens is 2. The second-order valence-corrected chi connectivity index (χ2v) is 5.69. The first-order valence-corrected chi connectivity index (χ1v) is 6.67. The number of allylic oxidation sites excluding steroid dienone is 1. The third-order valence-corrected chi connectivity index (χ3v) is 3.80. The van der Waals surface area contributed by atoms with Gasteiger partial charge in [-0.25, -0.2) is 4.39 Å². The summed E-state index contributed by atoms with van der Waals surface area (Å²) < 4.78 is 14.1. The molecule has 0 aromatic heterocycles. The molecule has 1 nitrogen and oxygen atoms in total. The number of hydrogen-bond donors (Lipinski definition) is 0. The van der Waals surface area contributed by atoms with Gasteiger partial charge in [0.05, 0.1) is 0 Å². The molecular formula is C14H17BrFN. The molecule has 0 aliphatic heterocycles. The van der Waals surface area contributed by atoms with Gasteiger partial charge in [-0.2, -0.15) is 0 Å². The highest BCUT2D eigenvalue weighted by Crippen LogP contribution is 2.30. The standard InChI is InChI=1S/C14H17BrFN/c1-17(2)14-5-3-10(4-6-14)11-7-12(15)9-13(16)8-11/h3,7-9,14H,4-6H2,1-2H3. The number of nitrogens with zero attached hydrogens (tertiary/aromatic N) is 1. The van der Waals surface area contributed by atoms with E-state index in [1.165, 1.54) is 11.6 Å². The summed E-state index contributed by atoms with van der Waals surface area (Å²) in [4.78, 5) is 2.26. The van der Waals surface area contributed by atoms with E-state index in [1.54, 1.807) is 6.07 Å². The monoisotopic (exact) mass is 297 g/mol. The Morgan fingerprint density at radius 2 is 2.06 bits per heavy atom. The zero-order chi connectivity index (χ0) is 12.4. The summed E-state index contributed by atoms with van der Waals surface area (Å²) >= 11 is 3.34. The Kier molecular flexibility index (Phi) is 4.00. The quantitative estimate of drug-likeness (QED) is 0.795. The lowest BCUT2D eigenvalue weighted by atomic mass is 9.90. The maximum Gasteiger partial charge on any atom is 0.124 e. The van der Waals surface area contributed by atoms with Crippen LogP contribution in [0, 0.1) is 5.82 Å². The van der Waals surface area contributed by atoms with E-state index >= 15 is 0 Å². The number of benzene rings is 1. The van der Waals surface area contributed by atoms with Gasteiger partial charge in [-0.15, -0.1) is 0 Å². The van der Waals surface area contributed by atoms with Crippen LogP contribution in [-0.4, -0.2) is 25.0 Å². The van der Waals surface area contributed by atoms with Crippen LogP contribution in [0.5, 0.6) is 0 Å². The smallest absolute Gasteiger partial charge is 0.124 e. The topological polar surface area (TPSA) is 3.24 Å². The van der Waals surface area contributed by atoms with Crippen molar-refractivity contribution in [3.8, 4) is 0 Å². The lowest BCUT2D eigenvalue weighted by Gasteiger charge is -2.27. The summed E-state index contributed by atoms with van der Waals surface area (Å²) in [5.41, 5.74) is 2.28. The van der Waals surface area contributed by atoms with Crippen LogP contribution in [0.1, 0.15) is 24.8 Å². The molecule has 0 N–H and O–H groups in total. The summed E-state index contributed by atoms with van der Waals surface area (Å²) in [5, 5.41) is 0. The van der Waals surface area contributed by atoms with Crippen LogP contribution in [0.2, 0.25) is 0 Å². The van der Waals surface area contributed by atoms with Gasteiger partial charge >= 0.3 is 0 Å². The van der Waals surface area contributed by atoms with Gasteiger partial charge in [-0.05, 0) is 62.7 Å². The van der Waals surface area contributed by atoms with Crippen LogP contribution in [0.4, 0.5) is 4.39 Å². The molecule has 1 unspecified atom stereocenters. The van der Waals surface area contributed by atoms with Crippen LogP contribution >= 0.6 is 15.9 Å². The fraction of sp³-hybridized carbons (Fsp3) is 0.429. The fourth-order valence-corrected chi connectivity index (χ4v) is 2.76. The molecular weight excluding hydrogens is 281 g/mol. The Bertz CT molecular complexity index is 420. The Morgan fingerprint density at radius 1 is 1.29 bits per heavy atom. The van der Waals surface area contributed by atoms with E-state index in [9.17, 15) is 4.39 Å². The minimum Gasteiger partial charge on any atom is -0.306 e. The molecule has 0 saturated heterocycles. The van der Waals surface area contributed by atoms with Crippen molar-refractivity contribution in [2.45, 2.75) is 25.3 Å². The van der Waals surface area contributed by atoms with Crippen molar-refractivity contribution in [1.82, 2.24) is 4.90 Å². The molecule has 1 aromatic rings. The molecule has 0 saturated carbocycles. The molecule has 1 aromatic carbocycles. The maximum absolute atomic E-state index is 13.3. The van der Waals surface area contributed by atoms with Gasteiger partial charge in [0.1, 0.15) is 5.82 Å². The third-order valence-electron chi connectivity index (χ3n) is 3.35. The van der Waals surface area contributed by atoms with E-state index < -0.39 is 0 Å². The molecule has 1 aliphatic carbocycles. The highest BCUT2D eigenvalue weighted by atomic mass is 79.9. The average molecular weight is 298 g/mol. The zero-order valence-corrected chi connectivity index (χ0v) is 11.8. The van der Waals surface area contributed by atoms with Crippen molar-refractivity contribution < 1.29 is 4.39 Å². The van der Waals surface area contributed by atoms with Crippen molar-refractivity contribution in [2.24, 2.45) is 0 Å². The zero-order valence-electron chi connectivity index (χ0n) is 10.2. The van der Waals surface area contributed by atoms with Crippen LogP contribution < -0.4 is 0 Å². The summed E-state index contributed by atoms with van der Waals surface area (Å²) in [5.74, 6) is -0.176. The van der Waals surface area contributed by atoms with Crippen LogP contribution in [0.15, 0.2) is 28.7 Å². The summed E-state index contributed by atoms with van der Waals surface area (Å²) in [7, 11) is 4.23. The predicted octanol–water partition coefficient (Wildman–Crippen LogP) is 4.09. The van der Waals surface area contributed by atoms with Gasteiger partial charge in [0, 0.05) is 10.5 Å². The number of hydrogen-bond acceptors (Lipinski definition) is 1. The Morgan fingerprint density at radius 3 is 2.59 bits per heavy atom. The van der Waals surface area contributed by atoms with Gasteiger partial charge in [0.15, 0.2) is 0 Å². The highest BCUT2D eigenvalue weighted by molar-refractivity contribution is 9.10. The molecule has 0 heterocycles. The van der Waals surface area contributed by atoms with Crippen molar-refractivity contribution in [3.05, 3.63) is 40.1 Å². The lowest BCUT2D eigenvalue weighted by molar-refractivity contribution is 0.277. The van der Waals surface area contributed by atoms with Crippen LogP contribution in [0.25, 0.3) is 5.57 Å². The summed E-state index contributed by atoms with van der Waals surface area (Å²) in [6.45, 7) is 0.